The number of methoxy groups -OCH3 is 1. The number of H-pyrrole nitrogens is 1. The van der Waals surface area contributed by atoms with Crippen molar-refractivity contribution in [1.82, 2.24) is 15.2 Å². The van der Waals surface area contributed by atoms with E-state index in [0.717, 1.165) is 10.9 Å². The molecule has 2 aromatic rings. The second-order valence-corrected chi connectivity index (χ2v) is 5.78. The Hall–Kier alpha value is -1.15. The van der Waals surface area contributed by atoms with E-state index < -0.39 is 18.6 Å². The highest BCUT2D eigenvalue weighted by atomic mass is 35.5. The number of hydrogen-bond donors (Lipinski definition) is 2. The lowest BCUT2D eigenvalue weighted by Gasteiger charge is -2.35. The molecular weight excluding hydrogens is 378 g/mol. The summed E-state index contributed by atoms with van der Waals surface area (Å²) in [6, 6.07) is 4.75. The standard InChI is InChI=1S/C16H20F3N3O.2ClH/c1-23-11-2-3-14-12(8-11)13(10-21-14)15(9-16(17,18)19)22-6-4-20-5-7-22;;/h2-3,8,10,15,20-21H,4-7,9H2,1H3;2*1H/t15-;;/m0../s1. The van der Waals surface area contributed by atoms with Crippen LogP contribution in [0.5, 0.6) is 5.75 Å². The number of hydrogen-bond acceptors (Lipinski definition) is 3. The van der Waals surface area contributed by atoms with Gasteiger partial charge in [0, 0.05) is 49.3 Å². The van der Waals surface area contributed by atoms with Crippen LogP contribution in [-0.4, -0.2) is 49.3 Å². The quantitative estimate of drug-likeness (QED) is 0.818. The van der Waals surface area contributed by atoms with Crippen LogP contribution in [0.1, 0.15) is 18.0 Å². The van der Waals surface area contributed by atoms with Crippen molar-refractivity contribution >= 4 is 35.7 Å². The second-order valence-electron chi connectivity index (χ2n) is 5.78. The molecule has 9 heteroatoms. The smallest absolute Gasteiger partial charge is 0.390 e. The summed E-state index contributed by atoms with van der Waals surface area (Å²) in [7, 11) is 1.55. The van der Waals surface area contributed by atoms with Gasteiger partial charge < -0.3 is 15.0 Å². The average molecular weight is 400 g/mol. The Morgan fingerprint density at radius 1 is 1.20 bits per heavy atom. The van der Waals surface area contributed by atoms with Gasteiger partial charge in [0.25, 0.3) is 0 Å². The summed E-state index contributed by atoms with van der Waals surface area (Å²) in [6.07, 6.45) is -3.36. The molecule has 0 saturated carbocycles. The zero-order valence-corrected chi connectivity index (χ0v) is 15.4. The van der Waals surface area contributed by atoms with Crippen LogP contribution < -0.4 is 10.1 Å². The Bertz CT molecular complexity index is 672. The van der Waals surface area contributed by atoms with Crippen LogP contribution in [0, 0.1) is 0 Å². The van der Waals surface area contributed by atoms with Crippen LogP contribution >= 0.6 is 24.8 Å². The Morgan fingerprint density at radius 3 is 2.48 bits per heavy atom. The van der Waals surface area contributed by atoms with Crippen LogP contribution in [-0.2, 0) is 0 Å². The molecule has 1 atom stereocenters. The lowest BCUT2D eigenvalue weighted by Crippen LogP contribution is -2.46. The van der Waals surface area contributed by atoms with Crippen molar-refractivity contribution in [3.8, 4) is 5.75 Å². The molecule has 4 nitrogen and oxygen atoms in total. The van der Waals surface area contributed by atoms with Crippen molar-refractivity contribution in [1.29, 1.82) is 0 Å². The van der Waals surface area contributed by atoms with Gasteiger partial charge in [0.2, 0.25) is 0 Å². The van der Waals surface area contributed by atoms with Crippen LogP contribution in [0.4, 0.5) is 13.2 Å². The van der Waals surface area contributed by atoms with Crippen LogP contribution in [0.3, 0.4) is 0 Å². The zero-order valence-electron chi connectivity index (χ0n) is 13.7. The molecule has 1 aromatic carbocycles. The van der Waals surface area contributed by atoms with E-state index in [2.05, 4.69) is 10.3 Å². The third-order valence-corrected chi connectivity index (χ3v) is 4.30. The van der Waals surface area contributed by atoms with Crippen LogP contribution in [0.25, 0.3) is 10.9 Å². The van der Waals surface area contributed by atoms with Gasteiger partial charge in [0.1, 0.15) is 5.75 Å². The highest BCUT2D eigenvalue weighted by Crippen LogP contribution is 2.38. The Kier molecular flexibility index (Phi) is 7.87. The van der Waals surface area contributed by atoms with Crippen LogP contribution in [0.2, 0.25) is 0 Å². The molecule has 1 aliphatic heterocycles. The van der Waals surface area contributed by atoms with Crippen molar-refractivity contribution in [3.05, 3.63) is 30.0 Å². The minimum atomic E-state index is -4.21. The molecule has 0 radical (unpaired) electrons. The molecule has 0 unspecified atom stereocenters. The number of ether oxygens (including phenoxy) is 1. The van der Waals surface area contributed by atoms with Gasteiger partial charge in [-0.15, -0.1) is 24.8 Å². The number of benzene rings is 1. The molecule has 1 fully saturated rings. The van der Waals surface area contributed by atoms with Gasteiger partial charge in [-0.05, 0) is 23.8 Å². The molecule has 142 valence electrons. The molecular formula is C16H22Cl2F3N3O. The second kappa shape index (κ2) is 8.98. The molecule has 0 bridgehead atoms. The Balaban J connectivity index is 0.00000156. The van der Waals surface area contributed by atoms with E-state index in [4.69, 9.17) is 4.74 Å². The molecule has 2 N–H and O–H groups in total. The van der Waals surface area contributed by atoms with E-state index in [1.165, 1.54) is 0 Å². The fraction of sp³-hybridized carbons (Fsp3) is 0.500. The normalized spacial score (nSPS) is 16.8. The van der Waals surface area contributed by atoms with Gasteiger partial charge in [0.05, 0.1) is 13.5 Å². The number of piperazine rings is 1. The van der Waals surface area contributed by atoms with E-state index in [0.29, 0.717) is 37.5 Å². The van der Waals surface area contributed by atoms with Gasteiger partial charge in [-0.1, -0.05) is 0 Å². The van der Waals surface area contributed by atoms with E-state index in [1.807, 2.05) is 11.0 Å². The first kappa shape index (κ1) is 21.9. The van der Waals surface area contributed by atoms with Crippen molar-refractivity contribution < 1.29 is 17.9 Å². The van der Waals surface area contributed by atoms with Gasteiger partial charge in [-0.2, -0.15) is 13.2 Å². The molecule has 0 aliphatic carbocycles. The molecule has 1 aliphatic rings. The Morgan fingerprint density at radius 2 is 1.88 bits per heavy atom. The fourth-order valence-electron chi connectivity index (χ4n) is 3.17. The topological polar surface area (TPSA) is 40.3 Å². The zero-order chi connectivity index (χ0) is 16.4. The van der Waals surface area contributed by atoms with Gasteiger partial charge in [-0.3, -0.25) is 4.90 Å². The summed E-state index contributed by atoms with van der Waals surface area (Å²) in [4.78, 5) is 4.99. The third-order valence-electron chi connectivity index (χ3n) is 4.30. The highest BCUT2D eigenvalue weighted by Gasteiger charge is 2.37. The van der Waals surface area contributed by atoms with Crippen molar-refractivity contribution in [2.24, 2.45) is 0 Å². The molecule has 0 spiro atoms. The van der Waals surface area contributed by atoms with Crippen molar-refractivity contribution in [2.45, 2.75) is 18.6 Å². The van der Waals surface area contributed by atoms with Gasteiger partial charge in [-0.25, -0.2) is 0 Å². The first-order valence-electron chi connectivity index (χ1n) is 7.64. The van der Waals surface area contributed by atoms with E-state index >= 15 is 0 Å². The summed E-state index contributed by atoms with van der Waals surface area (Å²) in [5.41, 5.74) is 1.50. The molecule has 2 heterocycles. The summed E-state index contributed by atoms with van der Waals surface area (Å²) >= 11 is 0. The first-order valence-corrected chi connectivity index (χ1v) is 7.64. The summed E-state index contributed by atoms with van der Waals surface area (Å²) in [5, 5.41) is 3.97. The SMILES string of the molecule is COc1ccc2[nH]cc([C@H](CC(F)(F)F)N3CCNCC3)c2c1.Cl.Cl. The number of rotatable bonds is 4. The van der Waals surface area contributed by atoms with E-state index in [9.17, 15) is 13.2 Å². The third kappa shape index (κ3) is 5.17. The monoisotopic (exact) mass is 399 g/mol. The number of alkyl halides is 3. The number of aromatic amines is 1. The minimum absolute atomic E-state index is 0. The van der Waals surface area contributed by atoms with E-state index in [1.54, 1.807) is 25.4 Å². The maximum absolute atomic E-state index is 13.1. The lowest BCUT2D eigenvalue weighted by molar-refractivity contribution is -0.148. The predicted octanol–water partition coefficient (Wildman–Crippen LogP) is 3.92. The largest absolute Gasteiger partial charge is 0.497 e. The summed E-state index contributed by atoms with van der Waals surface area (Å²) in [6.45, 7) is 2.63. The number of halogens is 5. The molecule has 0 amide bonds. The minimum Gasteiger partial charge on any atom is -0.497 e. The number of fused-ring (bicyclic) bond motifs is 1. The number of nitrogens with zero attached hydrogens (tertiary/aromatic N) is 1. The Labute approximate surface area is 156 Å². The van der Waals surface area contributed by atoms with Crippen LogP contribution in [0.15, 0.2) is 24.4 Å². The van der Waals surface area contributed by atoms with E-state index in [-0.39, 0.29) is 24.8 Å². The molecule has 3 rings (SSSR count). The molecule has 1 aromatic heterocycles. The predicted molar refractivity (Wildman–Crippen MR) is 97.2 cm³/mol. The average Bonchev–Trinajstić information content (AvgIpc) is 2.95. The maximum Gasteiger partial charge on any atom is 0.390 e. The van der Waals surface area contributed by atoms with Crippen molar-refractivity contribution in [2.75, 3.05) is 33.3 Å². The number of aromatic nitrogens is 1. The first-order chi connectivity index (χ1) is 11.0. The van der Waals surface area contributed by atoms with Gasteiger partial charge >= 0.3 is 6.18 Å². The fourth-order valence-corrected chi connectivity index (χ4v) is 3.17. The maximum atomic E-state index is 13.1. The highest BCUT2D eigenvalue weighted by molar-refractivity contribution is 5.86. The van der Waals surface area contributed by atoms with Gasteiger partial charge in [0.15, 0.2) is 0 Å². The summed E-state index contributed by atoms with van der Waals surface area (Å²) in [5.74, 6) is 0.643. The lowest BCUT2D eigenvalue weighted by atomic mass is 10.00. The summed E-state index contributed by atoms with van der Waals surface area (Å²) < 4.78 is 44.6. The molecule has 1 saturated heterocycles. The molecule has 25 heavy (non-hydrogen) atoms. The number of nitrogens with one attached hydrogen (secondary N) is 2. The van der Waals surface area contributed by atoms with Crippen molar-refractivity contribution in [3.63, 3.8) is 0 Å².